The molecule has 2 aromatic rings. The Morgan fingerprint density at radius 3 is 2.70 bits per heavy atom. The molecule has 7 nitrogen and oxygen atoms in total. The van der Waals surface area contributed by atoms with E-state index in [0.29, 0.717) is 5.76 Å². The number of benzene rings is 1. The van der Waals surface area contributed by atoms with Crippen molar-refractivity contribution < 1.29 is 24.0 Å². The van der Waals surface area contributed by atoms with Crippen molar-refractivity contribution in [1.29, 1.82) is 0 Å². The number of esters is 1. The standard InChI is InChI=1S/C16H18N2O5/c1-4-13(15(20)17-14-8-10(3)23-18-14)22-16(21)11-7-9(2)5-6-12(11)19/h5-8,13,19H,4H2,1-3H3,(H,17,18,20)/t13-/m1/s1. The number of aryl methyl sites for hydroxylation is 2. The smallest absolute Gasteiger partial charge is 0.342 e. The van der Waals surface area contributed by atoms with Crippen LogP contribution in [0.2, 0.25) is 0 Å². The van der Waals surface area contributed by atoms with E-state index in [1.807, 2.05) is 0 Å². The Balaban J connectivity index is 2.07. The fraction of sp³-hybridized carbons (Fsp3) is 0.312. The lowest BCUT2D eigenvalue weighted by Gasteiger charge is -2.15. The topological polar surface area (TPSA) is 102 Å². The van der Waals surface area contributed by atoms with Crippen LogP contribution in [0, 0.1) is 13.8 Å². The van der Waals surface area contributed by atoms with Crippen molar-refractivity contribution in [1.82, 2.24) is 5.16 Å². The highest BCUT2D eigenvalue weighted by atomic mass is 16.5. The predicted octanol–water partition coefficient (Wildman–Crippen LogP) is 2.57. The summed E-state index contributed by atoms with van der Waals surface area (Å²) in [4.78, 5) is 24.3. The molecule has 1 heterocycles. The number of hydrogen-bond donors (Lipinski definition) is 2. The van der Waals surface area contributed by atoms with E-state index in [-0.39, 0.29) is 23.6 Å². The summed E-state index contributed by atoms with van der Waals surface area (Å²) in [5, 5.41) is 15.9. The Labute approximate surface area is 133 Å². The minimum atomic E-state index is -1.00. The monoisotopic (exact) mass is 318 g/mol. The Bertz CT molecular complexity index is 723. The summed E-state index contributed by atoms with van der Waals surface area (Å²) in [6.07, 6.45) is -0.722. The van der Waals surface area contributed by atoms with E-state index in [4.69, 9.17) is 9.26 Å². The lowest BCUT2D eigenvalue weighted by molar-refractivity contribution is -0.124. The van der Waals surface area contributed by atoms with E-state index in [9.17, 15) is 14.7 Å². The first kappa shape index (κ1) is 16.5. The summed E-state index contributed by atoms with van der Waals surface area (Å²) in [5.74, 6) is -0.663. The maximum absolute atomic E-state index is 12.2. The molecule has 0 saturated carbocycles. The number of carbonyl (C=O) groups is 2. The van der Waals surface area contributed by atoms with Gasteiger partial charge in [0.1, 0.15) is 17.1 Å². The van der Waals surface area contributed by atoms with E-state index in [2.05, 4.69) is 10.5 Å². The van der Waals surface area contributed by atoms with Crippen molar-refractivity contribution in [3.8, 4) is 5.75 Å². The molecule has 1 atom stereocenters. The van der Waals surface area contributed by atoms with E-state index < -0.39 is 18.0 Å². The van der Waals surface area contributed by atoms with Crippen LogP contribution in [0.3, 0.4) is 0 Å². The number of nitrogens with one attached hydrogen (secondary N) is 1. The number of nitrogens with zero attached hydrogens (tertiary/aromatic N) is 1. The number of carbonyl (C=O) groups excluding carboxylic acids is 2. The molecule has 1 aromatic carbocycles. The lowest BCUT2D eigenvalue weighted by Crippen LogP contribution is -2.32. The van der Waals surface area contributed by atoms with Crippen LogP contribution in [0.15, 0.2) is 28.8 Å². The molecule has 0 aliphatic rings. The minimum Gasteiger partial charge on any atom is -0.507 e. The molecule has 122 valence electrons. The highest BCUT2D eigenvalue weighted by Gasteiger charge is 2.24. The SMILES string of the molecule is CC[C@@H](OC(=O)c1cc(C)ccc1O)C(=O)Nc1cc(C)on1. The zero-order valence-corrected chi connectivity index (χ0v) is 13.1. The van der Waals surface area contributed by atoms with Crippen LogP contribution in [0.1, 0.15) is 35.0 Å². The summed E-state index contributed by atoms with van der Waals surface area (Å²) in [6, 6.07) is 6.14. The van der Waals surface area contributed by atoms with Gasteiger partial charge in [0, 0.05) is 6.07 Å². The van der Waals surface area contributed by atoms with Gasteiger partial charge in [-0.1, -0.05) is 23.7 Å². The van der Waals surface area contributed by atoms with Gasteiger partial charge >= 0.3 is 5.97 Å². The second-order valence-corrected chi connectivity index (χ2v) is 5.13. The van der Waals surface area contributed by atoms with E-state index >= 15 is 0 Å². The quantitative estimate of drug-likeness (QED) is 0.822. The molecule has 23 heavy (non-hydrogen) atoms. The summed E-state index contributed by atoms with van der Waals surface area (Å²) in [6.45, 7) is 5.19. The molecule has 0 unspecified atom stereocenters. The molecule has 0 aliphatic heterocycles. The van der Waals surface area contributed by atoms with E-state index in [1.54, 1.807) is 32.9 Å². The van der Waals surface area contributed by atoms with Crippen molar-refractivity contribution in [3.05, 3.63) is 41.2 Å². The number of aromatic hydroxyl groups is 1. The summed E-state index contributed by atoms with van der Waals surface area (Å²) < 4.78 is 10.0. The van der Waals surface area contributed by atoms with Crippen molar-refractivity contribution in [2.75, 3.05) is 5.32 Å². The highest BCUT2D eigenvalue weighted by Crippen LogP contribution is 2.20. The van der Waals surface area contributed by atoms with Crippen LogP contribution >= 0.6 is 0 Å². The Morgan fingerprint density at radius 2 is 2.09 bits per heavy atom. The number of ether oxygens (including phenoxy) is 1. The van der Waals surface area contributed by atoms with Crippen LogP contribution in [0.4, 0.5) is 5.82 Å². The molecule has 2 rings (SSSR count). The maximum Gasteiger partial charge on any atom is 0.342 e. The molecule has 7 heteroatoms. The first-order valence-electron chi connectivity index (χ1n) is 7.15. The van der Waals surface area contributed by atoms with Crippen LogP contribution in [-0.2, 0) is 9.53 Å². The van der Waals surface area contributed by atoms with Gasteiger partial charge < -0.3 is 19.7 Å². The average molecular weight is 318 g/mol. The molecule has 0 radical (unpaired) electrons. The highest BCUT2D eigenvalue weighted by molar-refractivity contribution is 5.98. The van der Waals surface area contributed by atoms with Gasteiger partial charge in [0.05, 0.1) is 0 Å². The largest absolute Gasteiger partial charge is 0.507 e. The molecule has 0 fully saturated rings. The number of aromatic nitrogens is 1. The maximum atomic E-state index is 12.2. The van der Waals surface area contributed by atoms with Crippen molar-refractivity contribution in [2.24, 2.45) is 0 Å². The van der Waals surface area contributed by atoms with Crippen LogP contribution in [0.5, 0.6) is 5.75 Å². The minimum absolute atomic E-state index is 0.0218. The number of rotatable bonds is 5. The van der Waals surface area contributed by atoms with Crippen molar-refractivity contribution >= 4 is 17.7 Å². The van der Waals surface area contributed by atoms with Gasteiger partial charge in [0.25, 0.3) is 5.91 Å². The van der Waals surface area contributed by atoms with Gasteiger partial charge in [-0.15, -0.1) is 0 Å². The van der Waals surface area contributed by atoms with Crippen molar-refractivity contribution in [3.63, 3.8) is 0 Å². The summed E-state index contributed by atoms with van der Waals surface area (Å²) in [5.41, 5.74) is 0.818. The third-order valence-electron chi connectivity index (χ3n) is 3.16. The third kappa shape index (κ3) is 4.09. The van der Waals surface area contributed by atoms with Crippen molar-refractivity contribution in [2.45, 2.75) is 33.3 Å². The predicted molar refractivity (Wildman–Crippen MR) is 82.2 cm³/mol. The number of hydrogen-bond acceptors (Lipinski definition) is 6. The number of amides is 1. The molecule has 0 spiro atoms. The summed E-state index contributed by atoms with van der Waals surface area (Å²) in [7, 11) is 0. The summed E-state index contributed by atoms with van der Waals surface area (Å²) >= 11 is 0. The second kappa shape index (κ2) is 6.95. The van der Waals surface area contributed by atoms with Gasteiger partial charge in [-0.2, -0.15) is 0 Å². The van der Waals surface area contributed by atoms with Gasteiger partial charge in [-0.05, 0) is 32.4 Å². The Hall–Kier alpha value is -2.83. The fourth-order valence-electron chi connectivity index (χ4n) is 1.96. The molecular weight excluding hydrogens is 300 g/mol. The fourth-order valence-corrected chi connectivity index (χ4v) is 1.96. The zero-order valence-electron chi connectivity index (χ0n) is 13.1. The molecule has 0 bridgehead atoms. The molecule has 1 amide bonds. The normalized spacial score (nSPS) is 11.8. The van der Waals surface area contributed by atoms with Gasteiger partial charge in [0.15, 0.2) is 11.9 Å². The van der Waals surface area contributed by atoms with E-state index in [1.165, 1.54) is 12.1 Å². The first-order chi connectivity index (χ1) is 10.9. The molecule has 1 aromatic heterocycles. The van der Waals surface area contributed by atoms with Gasteiger partial charge in [-0.25, -0.2) is 4.79 Å². The average Bonchev–Trinajstić information content (AvgIpc) is 2.91. The van der Waals surface area contributed by atoms with Gasteiger partial charge in [-0.3, -0.25) is 4.79 Å². The Kier molecular flexibility index (Phi) is 5.00. The van der Waals surface area contributed by atoms with Gasteiger partial charge in [0.2, 0.25) is 0 Å². The second-order valence-electron chi connectivity index (χ2n) is 5.13. The number of phenols is 1. The first-order valence-corrected chi connectivity index (χ1v) is 7.15. The molecule has 0 saturated heterocycles. The van der Waals surface area contributed by atoms with Crippen LogP contribution < -0.4 is 5.32 Å². The van der Waals surface area contributed by atoms with Crippen LogP contribution in [-0.4, -0.2) is 28.2 Å². The zero-order chi connectivity index (χ0) is 17.0. The lowest BCUT2D eigenvalue weighted by atomic mass is 10.1. The van der Waals surface area contributed by atoms with E-state index in [0.717, 1.165) is 5.56 Å². The number of phenolic OH excluding ortho intramolecular Hbond substituents is 1. The molecule has 2 N–H and O–H groups in total. The number of anilines is 1. The molecular formula is C16H18N2O5. The molecule has 0 aliphatic carbocycles. The third-order valence-corrected chi connectivity index (χ3v) is 3.16. The van der Waals surface area contributed by atoms with Crippen LogP contribution in [0.25, 0.3) is 0 Å². The Morgan fingerprint density at radius 1 is 1.35 bits per heavy atom.